The zero-order valence-electron chi connectivity index (χ0n) is 11.2. The number of nitrogens with zero attached hydrogens (tertiary/aromatic N) is 2. The van der Waals surface area contributed by atoms with Crippen LogP contribution in [0.4, 0.5) is 0 Å². The Labute approximate surface area is 132 Å². The van der Waals surface area contributed by atoms with Crippen molar-refractivity contribution in [3.63, 3.8) is 0 Å². The number of hydrogen-bond donors (Lipinski definition) is 2. The quantitative estimate of drug-likeness (QED) is 0.686. The number of para-hydroxylation sites is 1. The average Bonchev–Trinajstić information content (AvgIpc) is 2.50. The number of phenolic OH excluding ortho intramolecular Hbond substituents is 1. The zero-order chi connectivity index (χ0) is 15.7. The van der Waals surface area contributed by atoms with Gasteiger partial charge < -0.3 is 10.1 Å². The normalized spacial score (nSPS) is 11.3. The van der Waals surface area contributed by atoms with Crippen molar-refractivity contribution in [3.05, 3.63) is 73.3 Å². The molecule has 2 aromatic carbocycles. The number of H-pyrrole nitrogens is 1. The Hall–Kier alpha value is -2.67. The van der Waals surface area contributed by atoms with E-state index in [1.165, 1.54) is 12.3 Å². The molecular weight excluding hydrogens is 350 g/mol. The summed E-state index contributed by atoms with van der Waals surface area (Å²) in [6, 6.07) is 11.5. The van der Waals surface area contributed by atoms with Gasteiger partial charge in [-0.25, -0.2) is 4.79 Å². The third kappa shape index (κ3) is 2.58. The maximum absolute atomic E-state index is 12.3. The van der Waals surface area contributed by atoms with Crippen molar-refractivity contribution in [2.45, 2.75) is 0 Å². The van der Waals surface area contributed by atoms with Gasteiger partial charge >= 0.3 is 5.69 Å². The molecule has 1 heterocycles. The molecule has 0 aliphatic rings. The van der Waals surface area contributed by atoms with E-state index in [0.717, 1.165) is 9.15 Å². The number of aromatic nitrogens is 2. The molecular formula is C15H10BrN3O3. The predicted octanol–water partition coefficient (Wildman–Crippen LogP) is 2.04. The maximum atomic E-state index is 12.3. The van der Waals surface area contributed by atoms with Crippen molar-refractivity contribution in [2.75, 3.05) is 0 Å². The second-order valence-corrected chi connectivity index (χ2v) is 5.46. The number of nitrogens with one attached hydrogen (secondary N) is 1. The van der Waals surface area contributed by atoms with Gasteiger partial charge in [-0.2, -0.15) is 5.10 Å². The van der Waals surface area contributed by atoms with Crippen LogP contribution in [0.5, 0.6) is 5.75 Å². The van der Waals surface area contributed by atoms with Gasteiger partial charge in [0, 0.05) is 10.0 Å². The highest BCUT2D eigenvalue weighted by Crippen LogP contribution is 2.19. The molecule has 1 aromatic heterocycles. The topological polar surface area (TPSA) is 87.5 Å². The average molecular weight is 360 g/mol. The Balaban J connectivity index is 2.15. The minimum Gasteiger partial charge on any atom is -0.507 e. The van der Waals surface area contributed by atoms with E-state index in [1.54, 1.807) is 36.4 Å². The van der Waals surface area contributed by atoms with Crippen LogP contribution in [0.25, 0.3) is 10.9 Å². The Morgan fingerprint density at radius 2 is 1.95 bits per heavy atom. The monoisotopic (exact) mass is 359 g/mol. The van der Waals surface area contributed by atoms with Gasteiger partial charge in [-0.1, -0.05) is 28.1 Å². The van der Waals surface area contributed by atoms with E-state index >= 15 is 0 Å². The summed E-state index contributed by atoms with van der Waals surface area (Å²) in [4.78, 5) is 26.8. The van der Waals surface area contributed by atoms with Crippen molar-refractivity contribution in [1.29, 1.82) is 0 Å². The molecule has 22 heavy (non-hydrogen) atoms. The molecule has 0 fully saturated rings. The van der Waals surface area contributed by atoms with Gasteiger partial charge in [-0.3, -0.25) is 4.79 Å². The fourth-order valence-corrected chi connectivity index (χ4v) is 2.39. The SMILES string of the molecule is O=c1[nH]c2ccccc2c(=O)n1/N=C/c1cc(Br)ccc1O. The molecule has 0 atom stereocenters. The van der Waals surface area contributed by atoms with Crippen molar-refractivity contribution in [1.82, 2.24) is 9.66 Å². The molecule has 0 amide bonds. The van der Waals surface area contributed by atoms with Crippen LogP contribution in [-0.4, -0.2) is 21.0 Å². The third-order valence-electron chi connectivity index (χ3n) is 3.09. The molecule has 2 N–H and O–H groups in total. The van der Waals surface area contributed by atoms with Crippen LogP contribution in [-0.2, 0) is 0 Å². The smallest absolute Gasteiger partial charge is 0.349 e. The summed E-state index contributed by atoms with van der Waals surface area (Å²) in [6.45, 7) is 0. The first-order valence-corrected chi connectivity index (χ1v) is 7.12. The van der Waals surface area contributed by atoms with Crippen LogP contribution >= 0.6 is 15.9 Å². The van der Waals surface area contributed by atoms with Crippen molar-refractivity contribution >= 4 is 33.0 Å². The summed E-state index contributed by atoms with van der Waals surface area (Å²) in [5, 5.41) is 14.0. The highest BCUT2D eigenvalue weighted by atomic mass is 79.9. The molecule has 0 saturated carbocycles. The number of phenols is 1. The largest absolute Gasteiger partial charge is 0.507 e. The number of rotatable bonds is 2. The molecule has 0 unspecified atom stereocenters. The zero-order valence-corrected chi connectivity index (χ0v) is 12.7. The number of aromatic amines is 1. The van der Waals surface area contributed by atoms with E-state index in [4.69, 9.17) is 0 Å². The van der Waals surface area contributed by atoms with Crippen molar-refractivity contribution in [3.8, 4) is 5.75 Å². The molecule has 0 radical (unpaired) electrons. The summed E-state index contributed by atoms with van der Waals surface area (Å²) >= 11 is 3.27. The standard InChI is InChI=1S/C15H10BrN3O3/c16-10-5-6-13(20)9(7-10)8-17-19-14(21)11-3-1-2-4-12(11)18-15(19)22/h1-8,20H,(H,18,22)/b17-8+. The summed E-state index contributed by atoms with van der Waals surface area (Å²) in [5.41, 5.74) is -0.331. The number of hydrogen-bond acceptors (Lipinski definition) is 4. The summed E-state index contributed by atoms with van der Waals surface area (Å²) in [7, 11) is 0. The Kier molecular flexibility index (Phi) is 3.64. The van der Waals surface area contributed by atoms with Crippen LogP contribution in [0.3, 0.4) is 0 Å². The third-order valence-corrected chi connectivity index (χ3v) is 3.58. The second kappa shape index (κ2) is 5.61. The number of halogens is 1. The first-order valence-electron chi connectivity index (χ1n) is 6.33. The fourth-order valence-electron chi connectivity index (χ4n) is 2.01. The first-order chi connectivity index (χ1) is 10.6. The van der Waals surface area contributed by atoms with Crippen molar-refractivity contribution in [2.24, 2.45) is 5.10 Å². The molecule has 0 bridgehead atoms. The molecule has 0 saturated heterocycles. The number of aromatic hydroxyl groups is 1. The van der Waals surface area contributed by atoms with Gasteiger partial charge in [-0.05, 0) is 30.3 Å². The van der Waals surface area contributed by atoms with Crippen LogP contribution in [0.2, 0.25) is 0 Å². The van der Waals surface area contributed by atoms with E-state index in [0.29, 0.717) is 16.5 Å². The van der Waals surface area contributed by atoms with Gasteiger partial charge in [0.05, 0.1) is 17.1 Å². The van der Waals surface area contributed by atoms with Gasteiger partial charge in [0.15, 0.2) is 0 Å². The van der Waals surface area contributed by atoms with E-state index < -0.39 is 11.2 Å². The molecule has 0 aliphatic carbocycles. The summed E-state index contributed by atoms with van der Waals surface area (Å²) in [6.07, 6.45) is 1.26. The van der Waals surface area contributed by atoms with Gasteiger partial charge in [0.1, 0.15) is 5.75 Å². The number of benzene rings is 2. The molecule has 0 spiro atoms. The highest BCUT2D eigenvalue weighted by molar-refractivity contribution is 9.10. The Morgan fingerprint density at radius 3 is 2.77 bits per heavy atom. The molecule has 3 rings (SSSR count). The van der Waals surface area contributed by atoms with Crippen LogP contribution < -0.4 is 11.2 Å². The van der Waals surface area contributed by atoms with Gasteiger partial charge in [0.2, 0.25) is 0 Å². The van der Waals surface area contributed by atoms with Crippen LogP contribution in [0, 0.1) is 0 Å². The molecule has 110 valence electrons. The summed E-state index contributed by atoms with van der Waals surface area (Å²) < 4.78 is 1.47. The van der Waals surface area contributed by atoms with E-state index in [1.807, 2.05) is 0 Å². The molecule has 3 aromatic rings. The fraction of sp³-hybridized carbons (Fsp3) is 0. The minimum absolute atomic E-state index is 0.00258. The molecule has 7 heteroatoms. The number of fused-ring (bicyclic) bond motifs is 1. The molecule has 0 aliphatic heterocycles. The lowest BCUT2D eigenvalue weighted by Crippen LogP contribution is -2.32. The first kappa shape index (κ1) is 14.3. The predicted molar refractivity (Wildman–Crippen MR) is 87.6 cm³/mol. The van der Waals surface area contributed by atoms with Gasteiger partial charge in [-0.15, -0.1) is 4.68 Å². The van der Waals surface area contributed by atoms with Gasteiger partial charge in [0.25, 0.3) is 5.56 Å². The van der Waals surface area contributed by atoms with E-state index in [2.05, 4.69) is 26.0 Å². The highest BCUT2D eigenvalue weighted by Gasteiger charge is 2.06. The molecule has 6 nitrogen and oxygen atoms in total. The van der Waals surface area contributed by atoms with Crippen molar-refractivity contribution < 1.29 is 5.11 Å². The van der Waals surface area contributed by atoms with Crippen LogP contribution in [0.15, 0.2) is 61.6 Å². The Bertz CT molecular complexity index is 1000. The maximum Gasteiger partial charge on any atom is 0.349 e. The van der Waals surface area contributed by atoms with E-state index in [9.17, 15) is 14.7 Å². The lowest BCUT2D eigenvalue weighted by Gasteiger charge is -2.02. The lowest BCUT2D eigenvalue weighted by molar-refractivity contribution is 0.474. The second-order valence-electron chi connectivity index (χ2n) is 4.54. The van der Waals surface area contributed by atoms with E-state index in [-0.39, 0.29) is 5.75 Å². The minimum atomic E-state index is -0.644. The van der Waals surface area contributed by atoms with Crippen LogP contribution in [0.1, 0.15) is 5.56 Å². The summed E-state index contributed by atoms with van der Waals surface area (Å²) in [5.74, 6) is -0.00258. The lowest BCUT2D eigenvalue weighted by atomic mass is 10.2. The Morgan fingerprint density at radius 1 is 1.18 bits per heavy atom.